The van der Waals surface area contributed by atoms with Gasteiger partial charge in [0.25, 0.3) is 0 Å². The largest absolute Gasteiger partial charge is 0.469 e. The number of hydrogen-bond acceptors (Lipinski definition) is 3. The van der Waals surface area contributed by atoms with Crippen molar-refractivity contribution in [2.75, 3.05) is 7.11 Å². The van der Waals surface area contributed by atoms with E-state index in [1.807, 2.05) is 18.2 Å². The Hall–Kier alpha value is -1.64. The van der Waals surface area contributed by atoms with Crippen LogP contribution in [0.4, 0.5) is 0 Å². The van der Waals surface area contributed by atoms with Crippen LogP contribution in [0.25, 0.3) is 0 Å². The van der Waals surface area contributed by atoms with E-state index in [-0.39, 0.29) is 24.6 Å². The van der Waals surface area contributed by atoms with Crippen LogP contribution in [0.1, 0.15) is 48.5 Å². The average molecular weight is 234 g/mol. The lowest BCUT2D eigenvalue weighted by Crippen LogP contribution is -2.06. The van der Waals surface area contributed by atoms with Gasteiger partial charge in [-0.25, -0.2) is 0 Å². The molecule has 0 aromatic heterocycles. The van der Waals surface area contributed by atoms with Gasteiger partial charge in [-0.1, -0.05) is 32.0 Å². The van der Waals surface area contributed by atoms with E-state index >= 15 is 0 Å². The summed E-state index contributed by atoms with van der Waals surface area (Å²) in [6.07, 6.45) is 0.343. The smallest absolute Gasteiger partial charge is 0.305 e. The Morgan fingerprint density at radius 3 is 2.53 bits per heavy atom. The van der Waals surface area contributed by atoms with E-state index in [0.717, 1.165) is 5.56 Å². The molecule has 3 nitrogen and oxygen atoms in total. The molecule has 92 valence electrons. The quantitative estimate of drug-likeness (QED) is 0.581. The maximum atomic E-state index is 11.8. The number of carbonyl (C=O) groups is 2. The summed E-state index contributed by atoms with van der Waals surface area (Å²) in [6.45, 7) is 4.16. The molecule has 3 heteroatoms. The Bertz CT molecular complexity index is 408. The van der Waals surface area contributed by atoms with Crippen LogP contribution in [0.3, 0.4) is 0 Å². The zero-order valence-corrected chi connectivity index (χ0v) is 10.5. The number of methoxy groups -OCH3 is 1. The first-order valence-electron chi connectivity index (χ1n) is 5.74. The van der Waals surface area contributed by atoms with Crippen LogP contribution in [0.5, 0.6) is 0 Å². The van der Waals surface area contributed by atoms with E-state index < -0.39 is 0 Å². The fraction of sp³-hybridized carbons (Fsp3) is 0.429. The van der Waals surface area contributed by atoms with Gasteiger partial charge in [-0.05, 0) is 17.5 Å². The molecular formula is C14H18O3. The number of carbonyl (C=O) groups excluding carboxylic acids is 2. The van der Waals surface area contributed by atoms with Crippen LogP contribution in [-0.2, 0) is 9.53 Å². The number of esters is 1. The standard InChI is InChI=1S/C14H18O3/c1-10(2)11-5-4-6-12(9-11)13(15)7-8-14(16)17-3/h4-6,9-10H,7-8H2,1-3H3. The summed E-state index contributed by atoms with van der Waals surface area (Å²) in [4.78, 5) is 22.8. The van der Waals surface area contributed by atoms with Crippen LogP contribution in [0.2, 0.25) is 0 Å². The third-order valence-corrected chi connectivity index (χ3v) is 2.66. The van der Waals surface area contributed by atoms with Crippen molar-refractivity contribution in [3.05, 3.63) is 35.4 Å². The Morgan fingerprint density at radius 1 is 1.24 bits per heavy atom. The fourth-order valence-corrected chi connectivity index (χ4v) is 1.53. The van der Waals surface area contributed by atoms with E-state index in [9.17, 15) is 9.59 Å². The summed E-state index contributed by atoms with van der Waals surface area (Å²) in [6, 6.07) is 7.55. The van der Waals surface area contributed by atoms with Crippen LogP contribution < -0.4 is 0 Å². The van der Waals surface area contributed by atoms with Gasteiger partial charge in [0, 0.05) is 12.0 Å². The molecule has 0 unspecified atom stereocenters. The van der Waals surface area contributed by atoms with Crippen LogP contribution in [-0.4, -0.2) is 18.9 Å². The summed E-state index contributed by atoms with van der Waals surface area (Å²) >= 11 is 0. The number of ketones is 1. The number of rotatable bonds is 5. The summed E-state index contributed by atoms with van der Waals surface area (Å²) in [5.41, 5.74) is 1.80. The van der Waals surface area contributed by atoms with E-state index in [4.69, 9.17) is 0 Å². The minimum absolute atomic E-state index is 0.0158. The lowest BCUT2D eigenvalue weighted by atomic mass is 9.98. The molecule has 1 aromatic rings. The van der Waals surface area contributed by atoms with E-state index in [2.05, 4.69) is 18.6 Å². The van der Waals surface area contributed by atoms with Crippen molar-refractivity contribution < 1.29 is 14.3 Å². The second-order valence-corrected chi connectivity index (χ2v) is 4.28. The molecule has 0 aliphatic heterocycles. The number of hydrogen-bond donors (Lipinski definition) is 0. The van der Waals surface area contributed by atoms with Crippen molar-refractivity contribution in [1.29, 1.82) is 0 Å². The van der Waals surface area contributed by atoms with Crippen molar-refractivity contribution >= 4 is 11.8 Å². The van der Waals surface area contributed by atoms with Gasteiger partial charge in [-0.3, -0.25) is 9.59 Å². The normalized spacial score (nSPS) is 10.4. The fourth-order valence-electron chi connectivity index (χ4n) is 1.53. The van der Waals surface area contributed by atoms with Gasteiger partial charge in [0.1, 0.15) is 0 Å². The predicted molar refractivity (Wildman–Crippen MR) is 66.1 cm³/mol. The zero-order chi connectivity index (χ0) is 12.8. The molecule has 0 spiro atoms. The van der Waals surface area contributed by atoms with Crippen molar-refractivity contribution in [1.82, 2.24) is 0 Å². The summed E-state index contributed by atoms with van der Waals surface area (Å²) < 4.78 is 4.51. The molecule has 0 saturated carbocycles. The third-order valence-electron chi connectivity index (χ3n) is 2.66. The summed E-state index contributed by atoms with van der Waals surface area (Å²) in [5.74, 6) is 0.0274. The second-order valence-electron chi connectivity index (χ2n) is 4.28. The minimum atomic E-state index is -0.349. The Labute approximate surface area is 102 Å². The molecule has 0 amide bonds. The molecule has 1 rings (SSSR count). The van der Waals surface area contributed by atoms with Crippen molar-refractivity contribution in [2.24, 2.45) is 0 Å². The van der Waals surface area contributed by atoms with Gasteiger partial charge in [0.15, 0.2) is 5.78 Å². The van der Waals surface area contributed by atoms with Gasteiger partial charge < -0.3 is 4.74 Å². The Balaban J connectivity index is 2.69. The highest BCUT2D eigenvalue weighted by molar-refractivity contribution is 5.97. The molecule has 0 fully saturated rings. The lowest BCUT2D eigenvalue weighted by Gasteiger charge is -2.07. The van der Waals surface area contributed by atoms with E-state index in [1.165, 1.54) is 7.11 Å². The average Bonchev–Trinajstić information content (AvgIpc) is 2.35. The number of Topliss-reactive ketones (excluding diaryl/α,β-unsaturated/α-hetero) is 1. The molecule has 0 N–H and O–H groups in total. The van der Waals surface area contributed by atoms with Crippen molar-refractivity contribution in [2.45, 2.75) is 32.6 Å². The molecule has 0 aliphatic carbocycles. The SMILES string of the molecule is COC(=O)CCC(=O)c1cccc(C(C)C)c1. The first-order chi connectivity index (χ1) is 8.04. The second kappa shape index (κ2) is 6.18. The van der Waals surface area contributed by atoms with Gasteiger partial charge in [0.2, 0.25) is 0 Å². The Morgan fingerprint density at radius 2 is 1.94 bits per heavy atom. The minimum Gasteiger partial charge on any atom is -0.469 e. The van der Waals surface area contributed by atoms with E-state index in [0.29, 0.717) is 11.5 Å². The van der Waals surface area contributed by atoms with Gasteiger partial charge in [-0.2, -0.15) is 0 Å². The molecule has 0 bridgehead atoms. The lowest BCUT2D eigenvalue weighted by molar-refractivity contribution is -0.140. The number of benzene rings is 1. The van der Waals surface area contributed by atoms with E-state index in [1.54, 1.807) is 6.07 Å². The summed E-state index contributed by atoms with van der Waals surface area (Å²) in [5, 5.41) is 0. The maximum Gasteiger partial charge on any atom is 0.305 e. The number of ether oxygens (including phenoxy) is 1. The zero-order valence-electron chi connectivity index (χ0n) is 10.5. The molecule has 17 heavy (non-hydrogen) atoms. The molecular weight excluding hydrogens is 216 g/mol. The van der Waals surface area contributed by atoms with Crippen LogP contribution in [0, 0.1) is 0 Å². The first-order valence-corrected chi connectivity index (χ1v) is 5.74. The highest BCUT2D eigenvalue weighted by Crippen LogP contribution is 2.16. The van der Waals surface area contributed by atoms with Crippen LogP contribution in [0.15, 0.2) is 24.3 Å². The Kier molecular flexibility index (Phi) is 4.88. The molecule has 1 aromatic carbocycles. The third kappa shape index (κ3) is 4.02. The topological polar surface area (TPSA) is 43.4 Å². The summed E-state index contributed by atoms with van der Waals surface area (Å²) in [7, 11) is 1.33. The highest BCUT2D eigenvalue weighted by Gasteiger charge is 2.10. The van der Waals surface area contributed by atoms with Crippen molar-refractivity contribution in [3.63, 3.8) is 0 Å². The van der Waals surface area contributed by atoms with Crippen LogP contribution >= 0.6 is 0 Å². The van der Waals surface area contributed by atoms with Gasteiger partial charge in [0.05, 0.1) is 13.5 Å². The molecule has 0 heterocycles. The molecule has 0 atom stereocenters. The van der Waals surface area contributed by atoms with Gasteiger partial charge >= 0.3 is 5.97 Å². The molecule has 0 radical (unpaired) electrons. The molecule has 0 saturated heterocycles. The highest BCUT2D eigenvalue weighted by atomic mass is 16.5. The monoisotopic (exact) mass is 234 g/mol. The predicted octanol–water partition coefficient (Wildman–Crippen LogP) is 2.95. The van der Waals surface area contributed by atoms with Gasteiger partial charge in [-0.15, -0.1) is 0 Å². The maximum absolute atomic E-state index is 11.8. The molecule has 0 aliphatic rings. The first kappa shape index (κ1) is 13.4. The van der Waals surface area contributed by atoms with Crippen molar-refractivity contribution in [3.8, 4) is 0 Å².